The predicted octanol–water partition coefficient (Wildman–Crippen LogP) is 6.79. The number of carbonyl (C=O) groups is 1. The molecule has 0 aliphatic carbocycles. The lowest BCUT2D eigenvalue weighted by Crippen LogP contribution is -2.32. The maximum atomic E-state index is 14.4. The second kappa shape index (κ2) is 10.8. The van der Waals surface area contributed by atoms with Crippen LogP contribution in [0.3, 0.4) is 0 Å². The molecule has 6 nitrogen and oxygen atoms in total. The fraction of sp³-hybridized carbons (Fsp3) is 0.160. The van der Waals surface area contributed by atoms with E-state index >= 15 is 0 Å². The standard InChI is InChI=1S/C25H21F4NO5S2/c1-4-17(10-9-15(2)35-25(27,28)29)14-30(23-16(3)19-7-5-6-8-22(19)36-23)37(33,34)18-11-12-20(24(31)32)21(26)13-18/h4-13H,2,14H2,1,3H3,(H,31,32)/b10-9-,17-4+. The number of carboxylic acid groups (broad SMARTS) is 1. The number of rotatable bonds is 9. The van der Waals surface area contributed by atoms with Gasteiger partial charge >= 0.3 is 12.3 Å². The van der Waals surface area contributed by atoms with Crippen LogP contribution >= 0.6 is 11.3 Å². The second-order valence-corrected chi connectivity index (χ2v) is 10.6. The van der Waals surface area contributed by atoms with E-state index in [4.69, 9.17) is 5.11 Å². The number of hydrogen-bond donors (Lipinski definition) is 1. The van der Waals surface area contributed by atoms with Crippen LogP contribution in [0.15, 0.2) is 83.5 Å². The number of hydrogen-bond acceptors (Lipinski definition) is 5. The summed E-state index contributed by atoms with van der Waals surface area (Å²) in [6, 6.07) is 9.66. The maximum Gasteiger partial charge on any atom is 0.573 e. The number of carboxylic acids is 1. The van der Waals surface area contributed by atoms with Gasteiger partial charge in [0.15, 0.2) is 0 Å². The highest BCUT2D eigenvalue weighted by molar-refractivity contribution is 7.93. The molecule has 12 heteroatoms. The van der Waals surface area contributed by atoms with E-state index in [2.05, 4.69) is 11.3 Å². The Morgan fingerprint density at radius 3 is 2.43 bits per heavy atom. The van der Waals surface area contributed by atoms with E-state index in [1.165, 1.54) is 23.5 Å². The molecule has 0 unspecified atom stereocenters. The molecule has 0 saturated heterocycles. The van der Waals surface area contributed by atoms with Gasteiger partial charge in [0.25, 0.3) is 10.0 Å². The normalized spacial score (nSPS) is 12.8. The third kappa shape index (κ3) is 6.38. The zero-order valence-corrected chi connectivity index (χ0v) is 21.2. The van der Waals surface area contributed by atoms with Crippen LogP contribution in [0.4, 0.5) is 22.6 Å². The summed E-state index contributed by atoms with van der Waals surface area (Å²) in [5.74, 6) is -3.49. The molecule has 0 atom stereocenters. The van der Waals surface area contributed by atoms with Crippen molar-refractivity contribution >= 4 is 42.4 Å². The van der Waals surface area contributed by atoms with Crippen LogP contribution in [0.2, 0.25) is 0 Å². The Morgan fingerprint density at radius 1 is 1.19 bits per heavy atom. The van der Waals surface area contributed by atoms with E-state index in [-0.39, 0.29) is 12.1 Å². The third-order valence-corrected chi connectivity index (χ3v) is 8.38. The van der Waals surface area contributed by atoms with Gasteiger partial charge in [0.2, 0.25) is 0 Å². The molecule has 37 heavy (non-hydrogen) atoms. The van der Waals surface area contributed by atoms with Gasteiger partial charge < -0.3 is 9.84 Å². The predicted molar refractivity (Wildman–Crippen MR) is 134 cm³/mol. The molecule has 1 aromatic heterocycles. The van der Waals surface area contributed by atoms with Crippen molar-refractivity contribution in [3.8, 4) is 0 Å². The Balaban J connectivity index is 2.10. The fourth-order valence-corrected chi connectivity index (χ4v) is 6.35. The number of benzene rings is 2. The van der Waals surface area contributed by atoms with Gasteiger partial charge in [-0.2, -0.15) is 0 Å². The van der Waals surface area contributed by atoms with Crippen LogP contribution in [0.1, 0.15) is 22.8 Å². The van der Waals surface area contributed by atoms with Crippen molar-refractivity contribution in [3.05, 3.63) is 95.5 Å². The zero-order valence-electron chi connectivity index (χ0n) is 19.5. The third-order valence-electron chi connectivity index (χ3n) is 5.23. The van der Waals surface area contributed by atoms with Crippen LogP contribution in [0.5, 0.6) is 0 Å². The van der Waals surface area contributed by atoms with Crippen molar-refractivity contribution < 1.29 is 40.6 Å². The first-order chi connectivity index (χ1) is 17.2. The number of thiophene rings is 1. The zero-order chi connectivity index (χ0) is 27.5. The molecule has 0 bridgehead atoms. The molecule has 1 heterocycles. The molecular weight excluding hydrogens is 534 g/mol. The molecule has 2 aromatic carbocycles. The Morgan fingerprint density at radius 2 is 1.86 bits per heavy atom. The van der Waals surface area contributed by atoms with E-state index in [1.807, 2.05) is 6.07 Å². The van der Waals surface area contributed by atoms with Crippen molar-refractivity contribution in [2.24, 2.45) is 0 Å². The van der Waals surface area contributed by atoms with E-state index in [0.29, 0.717) is 16.6 Å². The Kier molecular flexibility index (Phi) is 8.13. The van der Waals surface area contributed by atoms with E-state index in [0.717, 1.165) is 32.6 Å². The number of ether oxygens (including phenoxy) is 1. The number of halogens is 4. The molecular formula is C25H21F4NO5S2. The van der Waals surface area contributed by atoms with Crippen molar-refractivity contribution in [2.45, 2.75) is 25.1 Å². The summed E-state index contributed by atoms with van der Waals surface area (Å²) in [7, 11) is -4.46. The number of aryl methyl sites for hydroxylation is 1. The second-order valence-electron chi connectivity index (χ2n) is 7.70. The molecule has 196 valence electrons. The van der Waals surface area contributed by atoms with Gasteiger partial charge in [-0.1, -0.05) is 36.9 Å². The molecule has 0 saturated carbocycles. The topological polar surface area (TPSA) is 83.9 Å². The van der Waals surface area contributed by atoms with Crippen LogP contribution in [-0.4, -0.2) is 32.4 Å². The number of anilines is 1. The van der Waals surface area contributed by atoms with Crippen LogP contribution in [0.25, 0.3) is 10.1 Å². The molecule has 0 radical (unpaired) electrons. The monoisotopic (exact) mass is 555 g/mol. The number of aromatic carboxylic acids is 1. The average molecular weight is 556 g/mol. The van der Waals surface area contributed by atoms with E-state index < -0.39 is 44.4 Å². The lowest BCUT2D eigenvalue weighted by atomic mass is 10.2. The number of alkyl halides is 3. The lowest BCUT2D eigenvalue weighted by Gasteiger charge is -2.25. The molecule has 0 spiro atoms. The fourth-order valence-electron chi connectivity index (χ4n) is 3.41. The summed E-state index contributed by atoms with van der Waals surface area (Å²) in [5, 5.41) is 10.2. The highest BCUT2D eigenvalue weighted by atomic mass is 32.2. The van der Waals surface area contributed by atoms with Gasteiger partial charge in [0.05, 0.1) is 17.0 Å². The smallest absolute Gasteiger partial charge is 0.478 e. The summed E-state index contributed by atoms with van der Waals surface area (Å²) >= 11 is 1.17. The largest absolute Gasteiger partial charge is 0.573 e. The molecule has 1 N–H and O–H groups in total. The molecule has 3 aromatic rings. The molecule has 0 fully saturated rings. The summed E-state index contributed by atoms with van der Waals surface area (Å²) in [4.78, 5) is 10.7. The minimum Gasteiger partial charge on any atom is -0.478 e. The van der Waals surface area contributed by atoms with E-state index in [9.17, 15) is 30.8 Å². The molecule has 0 amide bonds. The van der Waals surface area contributed by atoms with Gasteiger partial charge in [0, 0.05) is 4.70 Å². The van der Waals surface area contributed by atoms with Gasteiger partial charge in [0.1, 0.15) is 16.6 Å². The van der Waals surface area contributed by atoms with Crippen LogP contribution in [-0.2, 0) is 14.8 Å². The average Bonchev–Trinajstić information content (AvgIpc) is 3.13. The summed E-state index contributed by atoms with van der Waals surface area (Å²) in [6.07, 6.45) is -1.26. The number of allylic oxidation sites excluding steroid dienone is 2. The van der Waals surface area contributed by atoms with Crippen LogP contribution in [0, 0.1) is 12.7 Å². The molecule has 0 aliphatic rings. The van der Waals surface area contributed by atoms with Crippen molar-refractivity contribution in [1.29, 1.82) is 0 Å². The number of sulfonamides is 1. The minimum absolute atomic E-state index is 0.287. The summed E-state index contributed by atoms with van der Waals surface area (Å²) in [6.45, 7) is 6.13. The highest BCUT2D eigenvalue weighted by Gasteiger charge is 2.32. The minimum atomic E-state index is -4.94. The number of nitrogens with zero attached hydrogens (tertiary/aromatic N) is 1. The Hall–Kier alpha value is -3.64. The van der Waals surface area contributed by atoms with E-state index in [1.54, 1.807) is 32.0 Å². The van der Waals surface area contributed by atoms with Crippen molar-refractivity contribution in [1.82, 2.24) is 0 Å². The van der Waals surface area contributed by atoms with Gasteiger partial charge in [-0.05, 0) is 60.7 Å². The van der Waals surface area contributed by atoms with Gasteiger partial charge in [-0.25, -0.2) is 17.6 Å². The summed E-state index contributed by atoms with van der Waals surface area (Å²) in [5.41, 5.74) is 0.217. The number of fused-ring (bicyclic) bond motifs is 1. The Labute approximate surface area is 214 Å². The van der Waals surface area contributed by atoms with Crippen molar-refractivity contribution in [2.75, 3.05) is 10.8 Å². The van der Waals surface area contributed by atoms with Crippen molar-refractivity contribution in [3.63, 3.8) is 0 Å². The van der Waals surface area contributed by atoms with Crippen LogP contribution < -0.4 is 4.31 Å². The Bertz CT molecular complexity index is 1520. The first-order valence-corrected chi connectivity index (χ1v) is 12.8. The molecule has 3 rings (SSSR count). The lowest BCUT2D eigenvalue weighted by molar-refractivity contribution is -0.303. The SMILES string of the molecule is C=C(/C=C\C(=C/C)CN(c1sc2ccccc2c1C)S(=O)(=O)c1ccc(C(=O)O)c(F)c1)OC(F)(F)F. The maximum absolute atomic E-state index is 14.4. The summed E-state index contributed by atoms with van der Waals surface area (Å²) < 4.78 is 84.8. The first kappa shape index (κ1) is 27.9. The first-order valence-electron chi connectivity index (χ1n) is 10.6. The quantitative estimate of drug-likeness (QED) is 0.178. The molecule has 0 aliphatic heterocycles. The van der Waals surface area contributed by atoms with Gasteiger partial charge in [-0.3, -0.25) is 4.31 Å². The highest BCUT2D eigenvalue weighted by Crippen LogP contribution is 2.40. The van der Waals surface area contributed by atoms with Gasteiger partial charge in [-0.15, -0.1) is 24.5 Å².